The summed E-state index contributed by atoms with van der Waals surface area (Å²) in [6, 6.07) is 9.66. The number of ketones is 1. The van der Waals surface area contributed by atoms with Crippen LogP contribution in [0.1, 0.15) is 43.5 Å². The average molecular weight is 241 g/mol. The fourth-order valence-corrected chi connectivity index (χ4v) is 2.15. The van der Waals surface area contributed by atoms with Crippen molar-refractivity contribution in [1.29, 1.82) is 0 Å². The van der Waals surface area contributed by atoms with E-state index in [1.807, 2.05) is 37.3 Å². The number of hydrogen-bond donors (Lipinski definition) is 0. The van der Waals surface area contributed by atoms with Crippen molar-refractivity contribution >= 4 is 16.7 Å². The van der Waals surface area contributed by atoms with E-state index in [1.54, 1.807) is 6.20 Å². The first-order valence-electron chi connectivity index (χ1n) is 6.61. The molecule has 1 aromatic heterocycles. The number of nitrogens with zero attached hydrogens (tertiary/aromatic N) is 1. The highest BCUT2D eigenvalue weighted by molar-refractivity contribution is 6.00. The second kappa shape index (κ2) is 5.76. The Kier molecular flexibility index (Phi) is 4.08. The topological polar surface area (TPSA) is 30.0 Å². The highest BCUT2D eigenvalue weighted by atomic mass is 16.1. The van der Waals surface area contributed by atoms with Gasteiger partial charge < -0.3 is 0 Å². The van der Waals surface area contributed by atoms with E-state index in [-0.39, 0.29) is 11.7 Å². The third-order valence-corrected chi connectivity index (χ3v) is 3.33. The molecule has 1 aromatic carbocycles. The van der Waals surface area contributed by atoms with Gasteiger partial charge in [-0.1, -0.05) is 32.8 Å². The van der Waals surface area contributed by atoms with E-state index in [4.69, 9.17) is 0 Å². The van der Waals surface area contributed by atoms with Gasteiger partial charge >= 0.3 is 0 Å². The maximum absolute atomic E-state index is 12.3. The Morgan fingerprint density at radius 2 is 2.17 bits per heavy atom. The molecule has 0 N–H and O–H groups in total. The van der Waals surface area contributed by atoms with Crippen molar-refractivity contribution in [2.45, 2.75) is 33.1 Å². The standard InChI is InChI=1S/C16H19NO/c1-3-4-6-12(2)16(18)14-8-9-15-13(11-14)7-5-10-17-15/h5,7-12H,3-4,6H2,1-2H3. The molecule has 0 fully saturated rings. The van der Waals surface area contributed by atoms with Crippen LogP contribution in [0.5, 0.6) is 0 Å². The van der Waals surface area contributed by atoms with Crippen molar-refractivity contribution in [3.8, 4) is 0 Å². The molecule has 0 amide bonds. The van der Waals surface area contributed by atoms with E-state index in [2.05, 4.69) is 11.9 Å². The summed E-state index contributed by atoms with van der Waals surface area (Å²) in [5.41, 5.74) is 1.74. The number of fused-ring (bicyclic) bond motifs is 1. The van der Waals surface area contributed by atoms with Crippen molar-refractivity contribution in [1.82, 2.24) is 4.98 Å². The van der Waals surface area contributed by atoms with Gasteiger partial charge in [-0.2, -0.15) is 0 Å². The van der Waals surface area contributed by atoms with Gasteiger partial charge in [0.2, 0.25) is 0 Å². The Morgan fingerprint density at radius 3 is 2.94 bits per heavy atom. The summed E-state index contributed by atoms with van der Waals surface area (Å²) >= 11 is 0. The van der Waals surface area contributed by atoms with Gasteiger partial charge in [-0.3, -0.25) is 9.78 Å². The predicted molar refractivity (Wildman–Crippen MR) is 74.8 cm³/mol. The van der Waals surface area contributed by atoms with Gasteiger partial charge in [0, 0.05) is 23.1 Å². The molecule has 1 unspecified atom stereocenters. The highest BCUT2D eigenvalue weighted by Gasteiger charge is 2.14. The maximum atomic E-state index is 12.3. The third kappa shape index (κ3) is 2.76. The summed E-state index contributed by atoms with van der Waals surface area (Å²) in [6.45, 7) is 4.17. The summed E-state index contributed by atoms with van der Waals surface area (Å²) < 4.78 is 0. The van der Waals surface area contributed by atoms with Gasteiger partial charge in [-0.25, -0.2) is 0 Å². The molecule has 2 rings (SSSR count). The molecule has 0 saturated carbocycles. The maximum Gasteiger partial charge on any atom is 0.165 e. The first-order valence-corrected chi connectivity index (χ1v) is 6.61. The predicted octanol–water partition coefficient (Wildman–Crippen LogP) is 4.24. The second-order valence-electron chi connectivity index (χ2n) is 4.82. The molecule has 0 aliphatic heterocycles. The lowest BCUT2D eigenvalue weighted by atomic mass is 9.94. The van der Waals surface area contributed by atoms with Gasteiger partial charge in [0.15, 0.2) is 5.78 Å². The molecule has 2 aromatic rings. The lowest BCUT2D eigenvalue weighted by Crippen LogP contribution is -2.11. The van der Waals surface area contributed by atoms with Crippen LogP contribution in [0.15, 0.2) is 36.5 Å². The van der Waals surface area contributed by atoms with Crippen LogP contribution in [-0.2, 0) is 0 Å². The molecule has 0 radical (unpaired) electrons. The number of Topliss-reactive ketones (excluding diaryl/α,β-unsaturated/α-hetero) is 1. The first kappa shape index (κ1) is 12.7. The van der Waals surface area contributed by atoms with Crippen LogP contribution >= 0.6 is 0 Å². The molecule has 0 aliphatic rings. The van der Waals surface area contributed by atoms with E-state index in [0.29, 0.717) is 0 Å². The first-order chi connectivity index (χ1) is 8.72. The number of benzene rings is 1. The monoisotopic (exact) mass is 241 g/mol. The molecule has 1 atom stereocenters. The van der Waals surface area contributed by atoms with Gasteiger partial charge in [-0.15, -0.1) is 0 Å². The number of unbranched alkanes of at least 4 members (excludes halogenated alkanes) is 1. The molecule has 0 spiro atoms. The van der Waals surface area contributed by atoms with Crippen molar-refractivity contribution in [2.24, 2.45) is 5.92 Å². The zero-order valence-corrected chi connectivity index (χ0v) is 11.0. The smallest absolute Gasteiger partial charge is 0.165 e. The number of carbonyl (C=O) groups is 1. The molecular formula is C16H19NO. The number of hydrogen-bond acceptors (Lipinski definition) is 2. The van der Waals surface area contributed by atoms with Crippen LogP contribution < -0.4 is 0 Å². The van der Waals surface area contributed by atoms with E-state index in [0.717, 1.165) is 35.7 Å². The Labute approximate surface area is 108 Å². The molecule has 0 saturated heterocycles. The molecule has 2 nitrogen and oxygen atoms in total. The SMILES string of the molecule is CCCCC(C)C(=O)c1ccc2ncccc2c1. The van der Waals surface area contributed by atoms with E-state index < -0.39 is 0 Å². The molecular weight excluding hydrogens is 222 g/mol. The molecule has 18 heavy (non-hydrogen) atoms. The largest absolute Gasteiger partial charge is 0.294 e. The lowest BCUT2D eigenvalue weighted by molar-refractivity contribution is 0.0923. The van der Waals surface area contributed by atoms with Crippen LogP contribution in [0, 0.1) is 5.92 Å². The average Bonchev–Trinajstić information content (AvgIpc) is 2.43. The van der Waals surface area contributed by atoms with Crippen molar-refractivity contribution in [2.75, 3.05) is 0 Å². The Balaban J connectivity index is 2.22. The van der Waals surface area contributed by atoms with Gasteiger partial charge in [0.05, 0.1) is 5.52 Å². The minimum atomic E-state index is 0.110. The summed E-state index contributed by atoms with van der Waals surface area (Å²) in [5.74, 6) is 0.355. The fourth-order valence-electron chi connectivity index (χ4n) is 2.15. The number of aromatic nitrogens is 1. The molecule has 94 valence electrons. The van der Waals surface area contributed by atoms with Gasteiger partial charge in [0.1, 0.15) is 0 Å². The Morgan fingerprint density at radius 1 is 1.33 bits per heavy atom. The minimum absolute atomic E-state index is 0.110. The Hall–Kier alpha value is -1.70. The number of carbonyl (C=O) groups excluding carboxylic acids is 1. The van der Waals surface area contributed by atoms with Crippen LogP contribution in [0.25, 0.3) is 10.9 Å². The molecule has 0 aliphatic carbocycles. The zero-order valence-electron chi connectivity index (χ0n) is 11.0. The van der Waals surface area contributed by atoms with Crippen molar-refractivity contribution in [3.05, 3.63) is 42.1 Å². The van der Waals surface area contributed by atoms with Crippen LogP contribution in [0.3, 0.4) is 0 Å². The van der Waals surface area contributed by atoms with Crippen LogP contribution in [0.4, 0.5) is 0 Å². The van der Waals surface area contributed by atoms with Crippen molar-refractivity contribution < 1.29 is 4.79 Å². The van der Waals surface area contributed by atoms with Gasteiger partial charge in [0.25, 0.3) is 0 Å². The van der Waals surface area contributed by atoms with Crippen molar-refractivity contribution in [3.63, 3.8) is 0 Å². The van der Waals surface area contributed by atoms with Gasteiger partial charge in [-0.05, 0) is 30.7 Å². The minimum Gasteiger partial charge on any atom is -0.294 e. The van der Waals surface area contributed by atoms with E-state index in [9.17, 15) is 4.79 Å². The van der Waals surface area contributed by atoms with E-state index >= 15 is 0 Å². The quantitative estimate of drug-likeness (QED) is 0.733. The second-order valence-corrected chi connectivity index (χ2v) is 4.82. The molecule has 2 heteroatoms. The number of rotatable bonds is 5. The third-order valence-electron chi connectivity index (χ3n) is 3.33. The zero-order chi connectivity index (χ0) is 13.0. The summed E-state index contributed by atoms with van der Waals surface area (Å²) in [4.78, 5) is 16.5. The van der Waals surface area contributed by atoms with Crippen LogP contribution in [0.2, 0.25) is 0 Å². The summed E-state index contributed by atoms with van der Waals surface area (Å²) in [5, 5.41) is 1.03. The molecule has 1 heterocycles. The number of pyridine rings is 1. The van der Waals surface area contributed by atoms with Crippen LogP contribution in [-0.4, -0.2) is 10.8 Å². The Bertz CT molecular complexity index is 548. The lowest BCUT2D eigenvalue weighted by Gasteiger charge is -2.10. The molecule has 0 bridgehead atoms. The normalized spacial score (nSPS) is 12.6. The fraction of sp³-hybridized carbons (Fsp3) is 0.375. The summed E-state index contributed by atoms with van der Waals surface area (Å²) in [7, 11) is 0. The highest BCUT2D eigenvalue weighted by Crippen LogP contribution is 2.19. The summed E-state index contributed by atoms with van der Waals surface area (Å²) in [6.07, 6.45) is 5.00. The van der Waals surface area contributed by atoms with E-state index in [1.165, 1.54) is 0 Å².